The Morgan fingerprint density at radius 3 is 2.75 bits per heavy atom. The minimum Gasteiger partial charge on any atom is -0.480 e. The molecule has 1 aromatic rings. The molecule has 20 heavy (non-hydrogen) atoms. The third-order valence-corrected chi connectivity index (χ3v) is 4.89. The van der Waals surface area contributed by atoms with Gasteiger partial charge < -0.3 is 5.11 Å². The van der Waals surface area contributed by atoms with Gasteiger partial charge in [0.15, 0.2) is 0 Å². The molecular formula is C14H22ClN3O2. The normalized spacial score (nSPS) is 23.4. The van der Waals surface area contributed by atoms with E-state index >= 15 is 0 Å². The van der Waals surface area contributed by atoms with Gasteiger partial charge in [-0.2, -0.15) is 5.10 Å². The van der Waals surface area contributed by atoms with Crippen LogP contribution in [0.5, 0.6) is 0 Å². The molecule has 112 valence electrons. The number of aliphatic carboxylic acids is 1. The van der Waals surface area contributed by atoms with E-state index in [1.807, 2.05) is 30.4 Å². The van der Waals surface area contributed by atoms with Crippen LogP contribution in [-0.4, -0.2) is 37.8 Å². The van der Waals surface area contributed by atoms with Crippen LogP contribution < -0.4 is 0 Å². The topological polar surface area (TPSA) is 58.4 Å². The molecular weight excluding hydrogens is 278 g/mol. The molecule has 0 radical (unpaired) electrons. The van der Waals surface area contributed by atoms with Gasteiger partial charge in [-0.15, -0.1) is 0 Å². The van der Waals surface area contributed by atoms with Crippen LogP contribution in [0.3, 0.4) is 0 Å². The fourth-order valence-electron chi connectivity index (χ4n) is 3.16. The highest BCUT2D eigenvalue weighted by Crippen LogP contribution is 2.35. The molecule has 0 aromatic carbocycles. The van der Waals surface area contributed by atoms with E-state index < -0.39 is 11.5 Å². The van der Waals surface area contributed by atoms with E-state index in [0.29, 0.717) is 24.4 Å². The first-order valence-corrected chi connectivity index (χ1v) is 7.54. The summed E-state index contributed by atoms with van der Waals surface area (Å²) in [5, 5.41) is 14.7. The number of aryl methyl sites for hydroxylation is 2. The van der Waals surface area contributed by atoms with Gasteiger partial charge in [-0.05, 0) is 39.7 Å². The molecule has 0 saturated carbocycles. The maximum atomic E-state index is 11.7. The molecule has 0 bridgehead atoms. The van der Waals surface area contributed by atoms with Crippen molar-refractivity contribution in [3.8, 4) is 0 Å². The fourth-order valence-corrected chi connectivity index (χ4v) is 3.35. The summed E-state index contributed by atoms with van der Waals surface area (Å²) in [6.07, 6.45) is 2.23. The van der Waals surface area contributed by atoms with Crippen molar-refractivity contribution in [2.75, 3.05) is 6.54 Å². The van der Waals surface area contributed by atoms with Crippen LogP contribution in [-0.2, 0) is 17.9 Å². The zero-order valence-corrected chi connectivity index (χ0v) is 13.1. The summed E-state index contributed by atoms with van der Waals surface area (Å²) in [7, 11) is 0. The van der Waals surface area contributed by atoms with Crippen molar-refractivity contribution in [1.82, 2.24) is 14.7 Å². The van der Waals surface area contributed by atoms with Crippen molar-refractivity contribution < 1.29 is 9.90 Å². The Balaban J connectivity index is 2.32. The van der Waals surface area contributed by atoms with E-state index in [0.717, 1.165) is 30.9 Å². The molecule has 1 saturated heterocycles. The number of carboxylic acid groups (broad SMARTS) is 1. The van der Waals surface area contributed by atoms with Crippen molar-refractivity contribution in [1.29, 1.82) is 0 Å². The lowest BCUT2D eigenvalue weighted by Gasteiger charge is -2.33. The Labute approximate surface area is 124 Å². The summed E-state index contributed by atoms with van der Waals surface area (Å²) >= 11 is 6.33. The lowest BCUT2D eigenvalue weighted by Crippen LogP contribution is -2.49. The van der Waals surface area contributed by atoms with Crippen molar-refractivity contribution in [3.63, 3.8) is 0 Å². The largest absolute Gasteiger partial charge is 0.480 e. The maximum Gasteiger partial charge on any atom is 0.324 e. The quantitative estimate of drug-likeness (QED) is 0.908. The Morgan fingerprint density at radius 2 is 2.20 bits per heavy atom. The summed E-state index contributed by atoms with van der Waals surface area (Å²) in [5.41, 5.74) is 0.979. The van der Waals surface area contributed by atoms with Gasteiger partial charge in [-0.25, -0.2) is 0 Å². The molecule has 1 aliphatic rings. The van der Waals surface area contributed by atoms with Gasteiger partial charge in [-0.3, -0.25) is 14.4 Å². The third-order valence-electron chi connectivity index (χ3n) is 4.40. The molecule has 0 spiro atoms. The summed E-state index contributed by atoms with van der Waals surface area (Å²) in [5.74, 6) is -0.729. The predicted molar refractivity (Wildman–Crippen MR) is 77.9 cm³/mol. The van der Waals surface area contributed by atoms with Gasteiger partial charge in [0.1, 0.15) is 5.54 Å². The zero-order valence-electron chi connectivity index (χ0n) is 12.3. The van der Waals surface area contributed by atoms with Gasteiger partial charge in [0.25, 0.3) is 0 Å². The predicted octanol–water partition coefficient (Wildman–Crippen LogP) is 2.69. The minimum atomic E-state index is -0.750. The van der Waals surface area contributed by atoms with Gasteiger partial charge in [0, 0.05) is 13.1 Å². The standard InChI is InChI=1S/C14H22ClN3O2/c1-4-14(13(19)20)7-6-8-17(14)9-11-12(15)10(3)16-18(11)5-2/h4-9H2,1-3H3,(H,19,20). The second-order valence-corrected chi connectivity index (χ2v) is 5.76. The van der Waals surface area contributed by atoms with Crippen molar-refractivity contribution in [3.05, 3.63) is 16.4 Å². The lowest BCUT2D eigenvalue weighted by molar-refractivity contribution is -0.150. The minimum absolute atomic E-state index is 0.549. The second kappa shape index (κ2) is 5.74. The first-order valence-electron chi connectivity index (χ1n) is 7.16. The van der Waals surface area contributed by atoms with Crippen molar-refractivity contribution in [2.24, 2.45) is 0 Å². The number of aromatic nitrogens is 2. The molecule has 1 unspecified atom stereocenters. The number of halogens is 1. The highest BCUT2D eigenvalue weighted by atomic mass is 35.5. The highest BCUT2D eigenvalue weighted by Gasteiger charge is 2.46. The molecule has 1 atom stereocenters. The Bertz CT molecular complexity index is 515. The van der Waals surface area contributed by atoms with Gasteiger partial charge in [0.05, 0.1) is 16.4 Å². The Kier molecular flexibility index (Phi) is 4.39. The number of carboxylic acids is 1. The lowest BCUT2D eigenvalue weighted by atomic mass is 9.93. The molecule has 2 rings (SSSR count). The molecule has 1 aromatic heterocycles. The summed E-state index contributed by atoms with van der Waals surface area (Å²) < 4.78 is 1.87. The van der Waals surface area contributed by atoms with Crippen LogP contribution in [0.15, 0.2) is 0 Å². The summed E-state index contributed by atoms with van der Waals surface area (Å²) in [4.78, 5) is 13.7. The molecule has 5 nitrogen and oxygen atoms in total. The van der Waals surface area contributed by atoms with Crippen molar-refractivity contribution in [2.45, 2.75) is 58.7 Å². The van der Waals surface area contributed by atoms with Crippen LogP contribution in [0.2, 0.25) is 5.02 Å². The van der Waals surface area contributed by atoms with Crippen LogP contribution >= 0.6 is 11.6 Å². The van der Waals surface area contributed by atoms with Crippen LogP contribution in [0.25, 0.3) is 0 Å². The zero-order chi connectivity index (χ0) is 14.9. The van der Waals surface area contributed by atoms with Crippen LogP contribution in [0.4, 0.5) is 0 Å². The Hall–Kier alpha value is -1.07. The van der Waals surface area contributed by atoms with E-state index in [4.69, 9.17) is 11.6 Å². The summed E-state index contributed by atoms with van der Waals surface area (Å²) in [6, 6.07) is 0. The molecule has 0 amide bonds. The molecule has 2 heterocycles. The van der Waals surface area contributed by atoms with E-state index in [9.17, 15) is 9.90 Å². The third kappa shape index (κ3) is 2.33. The number of rotatable bonds is 5. The number of carbonyl (C=O) groups is 1. The molecule has 1 fully saturated rings. The average molecular weight is 300 g/mol. The molecule has 6 heteroatoms. The fraction of sp³-hybridized carbons (Fsp3) is 0.714. The smallest absolute Gasteiger partial charge is 0.324 e. The first-order chi connectivity index (χ1) is 9.46. The summed E-state index contributed by atoms with van der Waals surface area (Å²) in [6.45, 7) is 7.92. The number of hydrogen-bond acceptors (Lipinski definition) is 3. The second-order valence-electron chi connectivity index (χ2n) is 5.38. The van der Waals surface area contributed by atoms with E-state index in [2.05, 4.69) is 5.10 Å². The number of likely N-dealkylation sites (tertiary alicyclic amines) is 1. The highest BCUT2D eigenvalue weighted by molar-refractivity contribution is 6.31. The van der Waals surface area contributed by atoms with Crippen LogP contribution in [0.1, 0.15) is 44.5 Å². The molecule has 1 N–H and O–H groups in total. The molecule has 0 aliphatic carbocycles. The van der Waals surface area contributed by atoms with Gasteiger partial charge in [-0.1, -0.05) is 18.5 Å². The van der Waals surface area contributed by atoms with Crippen molar-refractivity contribution >= 4 is 17.6 Å². The van der Waals surface area contributed by atoms with Crippen LogP contribution in [0, 0.1) is 6.92 Å². The monoisotopic (exact) mass is 299 g/mol. The first kappa shape index (κ1) is 15.3. The van der Waals surface area contributed by atoms with Gasteiger partial charge in [0.2, 0.25) is 0 Å². The maximum absolute atomic E-state index is 11.7. The van der Waals surface area contributed by atoms with E-state index in [1.165, 1.54) is 0 Å². The number of nitrogens with zero attached hydrogens (tertiary/aromatic N) is 3. The SMILES string of the molecule is CCn1nc(C)c(Cl)c1CN1CCCC1(CC)C(=O)O. The number of hydrogen-bond donors (Lipinski definition) is 1. The van der Waals surface area contributed by atoms with Gasteiger partial charge >= 0.3 is 5.97 Å². The van der Waals surface area contributed by atoms with E-state index in [-0.39, 0.29) is 0 Å². The Morgan fingerprint density at radius 1 is 1.50 bits per heavy atom. The molecule has 1 aliphatic heterocycles. The average Bonchev–Trinajstić information content (AvgIpc) is 2.95. The van der Waals surface area contributed by atoms with E-state index in [1.54, 1.807) is 0 Å².